The molecule has 0 bridgehead atoms. The third-order valence-corrected chi connectivity index (χ3v) is 3.95. The van der Waals surface area contributed by atoms with E-state index in [-0.39, 0.29) is 25.0 Å². The van der Waals surface area contributed by atoms with Gasteiger partial charge in [0.2, 0.25) is 5.91 Å². The van der Waals surface area contributed by atoms with Crippen LogP contribution in [0.25, 0.3) is 0 Å². The smallest absolute Gasteiger partial charge is 0.239 e. The summed E-state index contributed by atoms with van der Waals surface area (Å²) in [5.74, 6) is -1.33. The van der Waals surface area contributed by atoms with Crippen LogP contribution in [0.1, 0.15) is 23.8 Å². The predicted molar refractivity (Wildman–Crippen MR) is 81.2 cm³/mol. The minimum Gasteiger partial charge on any atom is -0.392 e. The van der Waals surface area contributed by atoms with Crippen LogP contribution in [-0.2, 0) is 4.79 Å². The number of carbonyl (C=O) groups is 1. The van der Waals surface area contributed by atoms with Crippen LogP contribution >= 0.6 is 0 Å². The van der Waals surface area contributed by atoms with Crippen molar-refractivity contribution in [2.45, 2.75) is 25.5 Å². The highest BCUT2D eigenvalue weighted by Crippen LogP contribution is 2.32. The third-order valence-electron chi connectivity index (χ3n) is 3.95. The minimum atomic E-state index is -0.948. The van der Waals surface area contributed by atoms with Crippen LogP contribution in [0.3, 0.4) is 0 Å². The quantitative estimate of drug-likeness (QED) is 0.892. The van der Waals surface area contributed by atoms with E-state index in [1.807, 2.05) is 0 Å². The van der Waals surface area contributed by atoms with E-state index >= 15 is 0 Å². The number of hydrogen-bond acceptors (Lipinski definition) is 5. The molecule has 1 aromatic carbocycles. The number of benzene rings is 1. The number of nitrogens with one attached hydrogen (secondary N) is 1. The fraction of sp³-hybridized carbons (Fsp3) is 0.375. The molecule has 128 valence electrons. The van der Waals surface area contributed by atoms with Gasteiger partial charge in [0.1, 0.15) is 5.76 Å². The summed E-state index contributed by atoms with van der Waals surface area (Å²) in [6, 6.07) is 4.84. The Morgan fingerprint density at radius 2 is 2.21 bits per heavy atom. The maximum Gasteiger partial charge on any atom is 0.239 e. The Kier molecular flexibility index (Phi) is 4.59. The Balaban J connectivity index is 1.70. The van der Waals surface area contributed by atoms with Crippen molar-refractivity contribution in [3.05, 3.63) is 47.2 Å². The standard InChI is InChI=1S/C16H17F2N3O3/c1-9-4-15(20-24-9)19-16(23)8-21-7-11(22)6-14(21)10-2-3-12(17)13(18)5-10/h2-5,11,14,22H,6-8H2,1H3,(H,19,20,23). The molecular weight excluding hydrogens is 320 g/mol. The van der Waals surface area contributed by atoms with Crippen molar-refractivity contribution in [3.8, 4) is 0 Å². The minimum absolute atomic E-state index is 0.00731. The lowest BCUT2D eigenvalue weighted by Gasteiger charge is -2.23. The van der Waals surface area contributed by atoms with Crippen molar-refractivity contribution in [2.75, 3.05) is 18.4 Å². The lowest BCUT2D eigenvalue weighted by Crippen LogP contribution is -2.34. The first-order chi connectivity index (χ1) is 11.4. The summed E-state index contributed by atoms with van der Waals surface area (Å²) in [5, 5.41) is 16.2. The fourth-order valence-electron chi connectivity index (χ4n) is 2.91. The molecule has 2 N–H and O–H groups in total. The van der Waals surface area contributed by atoms with Gasteiger partial charge in [-0.1, -0.05) is 11.2 Å². The Hall–Kier alpha value is -2.32. The van der Waals surface area contributed by atoms with Crippen LogP contribution in [0.5, 0.6) is 0 Å². The number of halogens is 2. The van der Waals surface area contributed by atoms with Crippen LogP contribution in [-0.4, -0.2) is 40.3 Å². The molecule has 1 aliphatic heterocycles. The first kappa shape index (κ1) is 16.5. The number of aromatic nitrogens is 1. The Labute approximate surface area is 137 Å². The molecule has 1 saturated heterocycles. The van der Waals surface area contributed by atoms with Crippen molar-refractivity contribution in [2.24, 2.45) is 0 Å². The molecule has 24 heavy (non-hydrogen) atoms. The van der Waals surface area contributed by atoms with Gasteiger partial charge in [0.25, 0.3) is 0 Å². The number of aliphatic hydroxyl groups is 1. The van der Waals surface area contributed by atoms with Crippen molar-refractivity contribution >= 4 is 11.7 Å². The molecule has 1 amide bonds. The third kappa shape index (κ3) is 3.60. The average Bonchev–Trinajstić information content (AvgIpc) is 3.08. The number of hydrogen-bond donors (Lipinski definition) is 2. The van der Waals surface area contributed by atoms with Gasteiger partial charge in [-0.25, -0.2) is 8.78 Å². The number of likely N-dealkylation sites (tertiary alicyclic amines) is 1. The summed E-state index contributed by atoms with van der Waals surface area (Å²) in [7, 11) is 0. The second-order valence-corrected chi connectivity index (χ2v) is 5.88. The first-order valence-electron chi connectivity index (χ1n) is 7.52. The van der Waals surface area contributed by atoms with Gasteiger partial charge in [0.05, 0.1) is 12.6 Å². The highest BCUT2D eigenvalue weighted by atomic mass is 19.2. The zero-order valence-electron chi connectivity index (χ0n) is 13.0. The molecule has 0 saturated carbocycles. The Bertz CT molecular complexity index is 750. The summed E-state index contributed by atoms with van der Waals surface area (Å²) < 4.78 is 31.4. The summed E-state index contributed by atoms with van der Waals surface area (Å²) in [6.45, 7) is 1.97. The number of rotatable bonds is 4. The molecule has 2 heterocycles. The highest BCUT2D eigenvalue weighted by Gasteiger charge is 2.33. The van der Waals surface area contributed by atoms with E-state index in [1.165, 1.54) is 6.07 Å². The van der Waals surface area contributed by atoms with Gasteiger partial charge in [-0.2, -0.15) is 0 Å². The summed E-state index contributed by atoms with van der Waals surface area (Å²) in [5.41, 5.74) is 0.524. The topological polar surface area (TPSA) is 78.6 Å². The van der Waals surface area contributed by atoms with Crippen LogP contribution < -0.4 is 5.32 Å². The van der Waals surface area contributed by atoms with E-state index < -0.39 is 17.7 Å². The van der Waals surface area contributed by atoms with Gasteiger partial charge in [0, 0.05) is 18.7 Å². The molecule has 8 heteroatoms. The molecule has 6 nitrogen and oxygen atoms in total. The lowest BCUT2D eigenvalue weighted by molar-refractivity contribution is -0.117. The molecule has 2 atom stereocenters. The Morgan fingerprint density at radius 3 is 2.88 bits per heavy atom. The van der Waals surface area contributed by atoms with Crippen LogP contribution in [0.4, 0.5) is 14.6 Å². The fourth-order valence-corrected chi connectivity index (χ4v) is 2.91. The van der Waals surface area contributed by atoms with Crippen molar-refractivity contribution in [3.63, 3.8) is 0 Å². The van der Waals surface area contributed by atoms with E-state index in [0.717, 1.165) is 12.1 Å². The monoisotopic (exact) mass is 337 g/mol. The SMILES string of the molecule is Cc1cc(NC(=O)CN2CC(O)CC2c2ccc(F)c(F)c2)no1. The molecule has 1 fully saturated rings. The number of anilines is 1. The Morgan fingerprint density at radius 1 is 1.42 bits per heavy atom. The average molecular weight is 337 g/mol. The molecule has 0 spiro atoms. The second kappa shape index (κ2) is 6.66. The maximum absolute atomic E-state index is 13.5. The zero-order valence-corrected chi connectivity index (χ0v) is 13.0. The van der Waals surface area contributed by atoms with Crippen LogP contribution in [0.15, 0.2) is 28.8 Å². The van der Waals surface area contributed by atoms with Crippen LogP contribution in [0.2, 0.25) is 0 Å². The second-order valence-electron chi connectivity index (χ2n) is 5.88. The van der Waals surface area contributed by atoms with E-state index in [2.05, 4.69) is 10.5 Å². The van der Waals surface area contributed by atoms with Gasteiger partial charge in [0.15, 0.2) is 17.5 Å². The molecule has 2 unspecified atom stereocenters. The van der Waals surface area contributed by atoms with Gasteiger partial charge < -0.3 is 14.9 Å². The van der Waals surface area contributed by atoms with Crippen molar-refractivity contribution in [1.29, 1.82) is 0 Å². The largest absolute Gasteiger partial charge is 0.392 e. The molecular formula is C16H17F2N3O3. The number of aliphatic hydroxyl groups excluding tert-OH is 1. The van der Waals surface area contributed by atoms with Gasteiger partial charge in [-0.3, -0.25) is 9.69 Å². The van der Waals surface area contributed by atoms with Crippen LogP contribution in [0, 0.1) is 18.6 Å². The number of carbonyl (C=O) groups excluding carboxylic acids is 1. The van der Waals surface area contributed by atoms with E-state index in [0.29, 0.717) is 23.6 Å². The number of aryl methyl sites for hydroxylation is 1. The molecule has 1 aliphatic rings. The van der Waals surface area contributed by atoms with Gasteiger partial charge in [-0.05, 0) is 31.0 Å². The summed E-state index contributed by atoms with van der Waals surface area (Å²) in [4.78, 5) is 13.9. The van der Waals surface area contributed by atoms with Crippen molar-refractivity contribution in [1.82, 2.24) is 10.1 Å². The summed E-state index contributed by atoms with van der Waals surface area (Å²) in [6.07, 6.45) is -0.285. The zero-order chi connectivity index (χ0) is 17.3. The highest BCUT2D eigenvalue weighted by molar-refractivity contribution is 5.91. The maximum atomic E-state index is 13.5. The summed E-state index contributed by atoms with van der Waals surface area (Å²) >= 11 is 0. The molecule has 0 aliphatic carbocycles. The van der Waals surface area contributed by atoms with Gasteiger partial charge in [-0.15, -0.1) is 0 Å². The van der Waals surface area contributed by atoms with E-state index in [1.54, 1.807) is 17.9 Å². The number of nitrogens with zero attached hydrogens (tertiary/aromatic N) is 2. The normalized spacial score (nSPS) is 21.2. The van der Waals surface area contributed by atoms with Crippen molar-refractivity contribution < 1.29 is 23.2 Å². The number of β-amino-alcohol motifs (C(OH)–C–C–N with tert-alkyl or cyclic N) is 1. The van der Waals surface area contributed by atoms with Gasteiger partial charge >= 0.3 is 0 Å². The van der Waals surface area contributed by atoms with E-state index in [9.17, 15) is 18.7 Å². The molecule has 1 aromatic heterocycles. The predicted octanol–water partition coefficient (Wildman–Crippen LogP) is 2.01. The lowest BCUT2D eigenvalue weighted by atomic mass is 10.0. The first-order valence-corrected chi connectivity index (χ1v) is 7.52. The molecule has 3 rings (SSSR count). The van der Waals surface area contributed by atoms with E-state index in [4.69, 9.17) is 4.52 Å². The molecule has 0 radical (unpaired) electrons. The molecule has 2 aromatic rings. The number of amides is 1.